The maximum absolute atomic E-state index is 12.1. The second-order valence-corrected chi connectivity index (χ2v) is 8.73. The third-order valence-corrected chi connectivity index (χ3v) is 7.05. The van der Waals surface area contributed by atoms with Gasteiger partial charge in [-0.25, -0.2) is 13.8 Å². The fourth-order valence-electron chi connectivity index (χ4n) is 3.79. The summed E-state index contributed by atoms with van der Waals surface area (Å²) >= 11 is 0. The molecule has 0 aromatic heterocycles. The molecule has 0 radical (unpaired) electrons. The first-order valence-electron chi connectivity index (χ1n) is 7.95. The summed E-state index contributed by atoms with van der Waals surface area (Å²) in [5.74, 6) is 0.306. The van der Waals surface area contributed by atoms with Crippen LogP contribution in [0.5, 0.6) is 0 Å². The van der Waals surface area contributed by atoms with Crippen molar-refractivity contribution in [3.63, 3.8) is 0 Å². The summed E-state index contributed by atoms with van der Waals surface area (Å²) in [4.78, 5) is 11.2. The van der Waals surface area contributed by atoms with E-state index >= 15 is 0 Å². The molecule has 6 nitrogen and oxygen atoms in total. The summed E-state index contributed by atoms with van der Waals surface area (Å²) in [6, 6.07) is 6.20. The third kappa shape index (κ3) is 2.68. The highest BCUT2D eigenvalue weighted by Crippen LogP contribution is 2.33. The zero-order valence-corrected chi connectivity index (χ0v) is 13.5. The van der Waals surface area contributed by atoms with Crippen molar-refractivity contribution in [3.8, 4) is 0 Å². The van der Waals surface area contributed by atoms with Crippen LogP contribution in [-0.4, -0.2) is 37.7 Å². The molecule has 2 aliphatic heterocycles. The van der Waals surface area contributed by atoms with Crippen LogP contribution in [0.2, 0.25) is 0 Å². The minimum Gasteiger partial charge on any atom is -0.300 e. The fourth-order valence-corrected chi connectivity index (χ4v) is 5.59. The minimum absolute atomic E-state index is 0.0486. The van der Waals surface area contributed by atoms with E-state index in [4.69, 9.17) is 0 Å². The van der Waals surface area contributed by atoms with Crippen molar-refractivity contribution in [1.29, 1.82) is 0 Å². The molecule has 1 aromatic rings. The lowest BCUT2D eigenvalue weighted by Crippen LogP contribution is -2.35. The van der Waals surface area contributed by atoms with E-state index in [1.54, 1.807) is 0 Å². The molecular formula is C16H19N3O3S. The average molecular weight is 333 g/mol. The number of hydrogen-bond donors (Lipinski definition) is 2. The molecule has 2 N–H and O–H groups in total. The molecule has 2 atom stereocenters. The molecule has 1 fully saturated rings. The van der Waals surface area contributed by atoms with E-state index in [9.17, 15) is 13.2 Å². The van der Waals surface area contributed by atoms with Crippen molar-refractivity contribution < 1.29 is 13.2 Å². The average Bonchev–Trinajstić information content (AvgIpc) is 3.09. The van der Waals surface area contributed by atoms with Crippen LogP contribution < -0.4 is 10.7 Å². The zero-order valence-electron chi connectivity index (χ0n) is 12.7. The van der Waals surface area contributed by atoms with Crippen LogP contribution in [0.4, 0.5) is 0 Å². The Morgan fingerprint density at radius 3 is 2.65 bits per heavy atom. The van der Waals surface area contributed by atoms with Crippen LogP contribution >= 0.6 is 0 Å². The Morgan fingerprint density at radius 1 is 1.13 bits per heavy atom. The van der Waals surface area contributed by atoms with Gasteiger partial charge in [0.25, 0.3) is 0 Å². The lowest BCUT2D eigenvalue weighted by atomic mass is 10.00. The Hall–Kier alpha value is -1.73. The number of carbonyl (C=O) groups is 1. The molecule has 2 heterocycles. The number of carbonyl (C=O) groups excluding carboxylic acids is 1. The van der Waals surface area contributed by atoms with Gasteiger partial charge in [0.05, 0.1) is 11.5 Å². The second-order valence-electron chi connectivity index (χ2n) is 6.49. The van der Waals surface area contributed by atoms with Crippen LogP contribution in [-0.2, 0) is 27.5 Å². The van der Waals surface area contributed by atoms with Gasteiger partial charge in [0.15, 0.2) is 9.84 Å². The van der Waals surface area contributed by atoms with Gasteiger partial charge >= 0.3 is 0 Å². The molecule has 1 aliphatic carbocycles. The molecule has 2 unspecified atom stereocenters. The van der Waals surface area contributed by atoms with Crippen molar-refractivity contribution in [3.05, 3.63) is 34.9 Å². The summed E-state index contributed by atoms with van der Waals surface area (Å²) in [5.41, 5.74) is 6.86. The van der Waals surface area contributed by atoms with Crippen molar-refractivity contribution in [2.75, 3.05) is 12.3 Å². The van der Waals surface area contributed by atoms with Crippen LogP contribution in [0.1, 0.15) is 29.5 Å². The van der Waals surface area contributed by atoms with E-state index in [0.29, 0.717) is 19.4 Å². The maximum Gasteiger partial charge on any atom is 0.240 e. The zero-order chi connectivity index (χ0) is 16.0. The summed E-state index contributed by atoms with van der Waals surface area (Å²) in [7, 11) is -3.01. The molecule has 122 valence electrons. The van der Waals surface area contributed by atoms with Crippen LogP contribution in [0.25, 0.3) is 0 Å². The molecular weight excluding hydrogens is 314 g/mol. The summed E-state index contributed by atoms with van der Waals surface area (Å²) < 4.78 is 24.2. The van der Waals surface area contributed by atoms with Crippen molar-refractivity contribution in [2.45, 2.75) is 31.1 Å². The SMILES string of the molecule is O=C1CCC(c2ccc3c(c2)CC(C2NCCS2(=O)=O)C3)=NN1. The Labute approximate surface area is 135 Å². The number of hydrogen-bond acceptors (Lipinski definition) is 5. The lowest BCUT2D eigenvalue weighted by Gasteiger charge is -2.17. The number of rotatable bonds is 2. The maximum atomic E-state index is 12.1. The molecule has 4 rings (SSSR count). The van der Waals surface area contributed by atoms with Gasteiger partial charge in [0, 0.05) is 19.4 Å². The number of amides is 1. The topological polar surface area (TPSA) is 87.6 Å². The standard InChI is InChI=1S/C16H19N3O3S/c20-15-4-3-14(18-19-15)11-2-1-10-7-13(9-12(10)8-11)16-17-5-6-23(16,21)22/h1-2,8,13,16-17H,3-7,9H2,(H,19,20). The molecule has 1 amide bonds. The first-order chi connectivity index (χ1) is 11.0. The molecule has 0 saturated carbocycles. The van der Waals surface area contributed by atoms with Gasteiger partial charge in [0.1, 0.15) is 5.37 Å². The van der Waals surface area contributed by atoms with Crippen molar-refractivity contribution in [1.82, 2.24) is 10.7 Å². The van der Waals surface area contributed by atoms with E-state index in [2.05, 4.69) is 28.0 Å². The summed E-state index contributed by atoms with van der Waals surface area (Å²) in [6.07, 6.45) is 2.69. The molecule has 1 saturated heterocycles. The van der Waals surface area contributed by atoms with E-state index in [0.717, 1.165) is 24.1 Å². The second kappa shape index (κ2) is 5.42. The van der Waals surface area contributed by atoms with E-state index in [-0.39, 0.29) is 17.6 Å². The highest BCUT2D eigenvalue weighted by atomic mass is 32.2. The molecule has 3 aliphatic rings. The fraction of sp³-hybridized carbons (Fsp3) is 0.500. The van der Waals surface area contributed by atoms with Gasteiger partial charge in [-0.05, 0) is 41.5 Å². The van der Waals surface area contributed by atoms with Gasteiger partial charge in [-0.15, -0.1) is 0 Å². The number of benzene rings is 1. The number of sulfone groups is 1. The summed E-state index contributed by atoms with van der Waals surface area (Å²) in [6.45, 7) is 0.557. The number of hydrazone groups is 1. The predicted molar refractivity (Wildman–Crippen MR) is 86.8 cm³/mol. The smallest absolute Gasteiger partial charge is 0.240 e. The molecule has 23 heavy (non-hydrogen) atoms. The number of nitrogens with zero attached hydrogens (tertiary/aromatic N) is 1. The number of nitrogens with one attached hydrogen (secondary N) is 2. The van der Waals surface area contributed by atoms with E-state index < -0.39 is 15.2 Å². The van der Waals surface area contributed by atoms with Gasteiger partial charge in [-0.3, -0.25) is 10.1 Å². The van der Waals surface area contributed by atoms with Crippen LogP contribution in [0.3, 0.4) is 0 Å². The Kier molecular flexibility index (Phi) is 3.50. The highest BCUT2D eigenvalue weighted by molar-refractivity contribution is 7.92. The van der Waals surface area contributed by atoms with Gasteiger partial charge in [-0.2, -0.15) is 5.10 Å². The van der Waals surface area contributed by atoms with Gasteiger partial charge in [-0.1, -0.05) is 12.1 Å². The Bertz CT molecular complexity index is 801. The number of fused-ring (bicyclic) bond motifs is 1. The van der Waals surface area contributed by atoms with E-state index in [1.165, 1.54) is 11.1 Å². The Morgan fingerprint density at radius 2 is 1.96 bits per heavy atom. The van der Waals surface area contributed by atoms with Gasteiger partial charge < -0.3 is 0 Å². The highest BCUT2D eigenvalue weighted by Gasteiger charge is 2.40. The van der Waals surface area contributed by atoms with Crippen LogP contribution in [0, 0.1) is 5.92 Å². The third-order valence-electron chi connectivity index (χ3n) is 4.96. The van der Waals surface area contributed by atoms with Crippen molar-refractivity contribution in [2.24, 2.45) is 11.0 Å². The predicted octanol–water partition coefficient (Wildman–Crippen LogP) is 0.360. The molecule has 1 aromatic carbocycles. The van der Waals surface area contributed by atoms with Crippen LogP contribution in [0.15, 0.2) is 23.3 Å². The Balaban J connectivity index is 1.57. The monoisotopic (exact) mass is 333 g/mol. The quantitative estimate of drug-likeness (QED) is 0.818. The first-order valence-corrected chi connectivity index (χ1v) is 9.67. The van der Waals surface area contributed by atoms with E-state index in [1.807, 2.05) is 6.07 Å². The molecule has 0 spiro atoms. The summed E-state index contributed by atoms with van der Waals surface area (Å²) in [5, 5.41) is 6.87. The molecule has 7 heteroatoms. The largest absolute Gasteiger partial charge is 0.300 e. The minimum atomic E-state index is -3.01. The van der Waals surface area contributed by atoms with Gasteiger partial charge in [0.2, 0.25) is 5.91 Å². The first kappa shape index (κ1) is 14.8. The normalized spacial score (nSPS) is 29.0. The van der Waals surface area contributed by atoms with Crippen molar-refractivity contribution >= 4 is 21.5 Å². The lowest BCUT2D eigenvalue weighted by molar-refractivity contribution is -0.121. The molecule has 0 bridgehead atoms.